The van der Waals surface area contributed by atoms with Gasteiger partial charge in [0.15, 0.2) is 0 Å². The maximum atomic E-state index is 12.0. The average molecular weight is 221 g/mol. The van der Waals surface area contributed by atoms with Crippen molar-refractivity contribution in [3.8, 4) is 0 Å². The second kappa shape index (κ2) is 4.57. The van der Waals surface area contributed by atoms with Gasteiger partial charge in [0.25, 0.3) is 5.91 Å². The number of aliphatic hydroxyl groups is 1. The van der Waals surface area contributed by atoms with Crippen LogP contribution in [0, 0.1) is 5.92 Å². The Morgan fingerprint density at radius 2 is 2.44 bits per heavy atom. The van der Waals surface area contributed by atoms with Gasteiger partial charge in [0.05, 0.1) is 12.3 Å². The van der Waals surface area contributed by atoms with E-state index in [1.54, 1.807) is 18.0 Å². The lowest BCUT2D eigenvalue weighted by atomic mass is 10.0. The third kappa shape index (κ3) is 2.19. The van der Waals surface area contributed by atoms with Crippen LogP contribution in [0.25, 0.3) is 0 Å². The second-order valence-corrected chi connectivity index (χ2v) is 4.13. The molecule has 1 saturated heterocycles. The van der Waals surface area contributed by atoms with Crippen molar-refractivity contribution in [1.82, 2.24) is 14.9 Å². The highest BCUT2D eigenvalue weighted by Gasteiger charge is 2.29. The predicted octanol–water partition coefficient (Wildman–Crippen LogP) is 0.319. The molecule has 1 aliphatic heterocycles. The Balaban J connectivity index is 2.03. The van der Waals surface area contributed by atoms with Gasteiger partial charge in [-0.05, 0) is 13.3 Å². The molecule has 2 atom stereocenters. The molecule has 86 valence electrons. The van der Waals surface area contributed by atoms with Crippen molar-refractivity contribution >= 4 is 5.91 Å². The lowest BCUT2D eigenvalue weighted by Crippen LogP contribution is -2.31. The summed E-state index contributed by atoms with van der Waals surface area (Å²) in [5.74, 6) is 0.0804. The molecule has 0 spiro atoms. The highest BCUT2D eigenvalue weighted by Crippen LogP contribution is 2.20. The molecule has 0 bridgehead atoms. The minimum absolute atomic E-state index is 0.101. The van der Waals surface area contributed by atoms with Crippen molar-refractivity contribution in [3.05, 3.63) is 24.3 Å². The molecule has 2 rings (SSSR count). The van der Waals surface area contributed by atoms with Crippen LogP contribution in [0.15, 0.2) is 18.6 Å². The van der Waals surface area contributed by atoms with Crippen LogP contribution in [0.4, 0.5) is 0 Å². The van der Waals surface area contributed by atoms with Crippen molar-refractivity contribution in [2.45, 2.75) is 19.4 Å². The highest BCUT2D eigenvalue weighted by molar-refractivity contribution is 5.92. The fraction of sp³-hybridized carbons (Fsp3) is 0.545. The highest BCUT2D eigenvalue weighted by atomic mass is 16.3. The van der Waals surface area contributed by atoms with Crippen LogP contribution in [0.1, 0.15) is 23.8 Å². The zero-order valence-corrected chi connectivity index (χ0v) is 9.21. The molecule has 1 amide bonds. The summed E-state index contributed by atoms with van der Waals surface area (Å²) in [7, 11) is 0. The van der Waals surface area contributed by atoms with E-state index in [0.717, 1.165) is 6.42 Å². The van der Waals surface area contributed by atoms with Crippen LogP contribution in [0.3, 0.4) is 0 Å². The number of aliphatic hydroxyl groups excluding tert-OH is 1. The summed E-state index contributed by atoms with van der Waals surface area (Å²) in [5.41, 5.74) is 0.369. The van der Waals surface area contributed by atoms with E-state index in [4.69, 9.17) is 0 Å². The summed E-state index contributed by atoms with van der Waals surface area (Å²) in [6.07, 6.45) is 5.01. The SMILES string of the molecule is CC(O)C1CCN(C(=O)c2cnccn2)C1. The summed E-state index contributed by atoms with van der Waals surface area (Å²) < 4.78 is 0. The number of likely N-dealkylation sites (tertiary alicyclic amines) is 1. The molecule has 5 heteroatoms. The van der Waals surface area contributed by atoms with E-state index in [2.05, 4.69) is 9.97 Å². The molecule has 5 nitrogen and oxygen atoms in total. The molecule has 1 fully saturated rings. The van der Waals surface area contributed by atoms with Gasteiger partial charge in [-0.3, -0.25) is 9.78 Å². The van der Waals surface area contributed by atoms with Gasteiger partial charge in [0.2, 0.25) is 0 Å². The fourth-order valence-corrected chi connectivity index (χ4v) is 1.94. The molecular formula is C11H15N3O2. The van der Waals surface area contributed by atoms with Crippen LogP contribution >= 0.6 is 0 Å². The van der Waals surface area contributed by atoms with Crippen molar-refractivity contribution in [1.29, 1.82) is 0 Å². The van der Waals surface area contributed by atoms with Crippen LogP contribution in [0.5, 0.6) is 0 Å². The van der Waals surface area contributed by atoms with Gasteiger partial charge >= 0.3 is 0 Å². The Labute approximate surface area is 94.1 Å². The molecule has 16 heavy (non-hydrogen) atoms. The first-order valence-corrected chi connectivity index (χ1v) is 5.42. The van der Waals surface area contributed by atoms with Gasteiger partial charge in [-0.25, -0.2) is 4.98 Å². The van der Waals surface area contributed by atoms with Crippen molar-refractivity contribution in [3.63, 3.8) is 0 Å². The molecule has 0 radical (unpaired) electrons. The normalized spacial score (nSPS) is 22.1. The Morgan fingerprint density at radius 1 is 1.62 bits per heavy atom. The summed E-state index contributed by atoms with van der Waals surface area (Å²) >= 11 is 0. The van der Waals surface area contributed by atoms with E-state index in [1.165, 1.54) is 12.4 Å². The number of carbonyl (C=O) groups is 1. The Kier molecular flexibility index (Phi) is 3.14. The van der Waals surface area contributed by atoms with Gasteiger partial charge in [-0.15, -0.1) is 0 Å². The topological polar surface area (TPSA) is 66.3 Å². The number of amides is 1. The van der Waals surface area contributed by atoms with Crippen LogP contribution in [-0.4, -0.2) is 45.1 Å². The minimum Gasteiger partial charge on any atom is -0.393 e. The third-order valence-electron chi connectivity index (χ3n) is 2.98. The third-order valence-corrected chi connectivity index (χ3v) is 2.98. The van der Waals surface area contributed by atoms with Crippen LogP contribution < -0.4 is 0 Å². The lowest BCUT2D eigenvalue weighted by Gasteiger charge is -2.16. The first kappa shape index (κ1) is 11.0. The Morgan fingerprint density at radius 3 is 3.00 bits per heavy atom. The maximum Gasteiger partial charge on any atom is 0.274 e. The molecule has 1 aliphatic rings. The van der Waals surface area contributed by atoms with E-state index in [9.17, 15) is 9.90 Å². The Bertz CT molecular complexity index is 367. The molecule has 0 aromatic carbocycles. The molecule has 1 N–H and O–H groups in total. The predicted molar refractivity (Wildman–Crippen MR) is 57.7 cm³/mol. The van der Waals surface area contributed by atoms with Gasteiger partial charge < -0.3 is 10.0 Å². The second-order valence-electron chi connectivity index (χ2n) is 4.13. The number of nitrogens with zero attached hydrogens (tertiary/aromatic N) is 3. The number of rotatable bonds is 2. The van der Waals surface area contributed by atoms with E-state index in [0.29, 0.717) is 18.8 Å². The van der Waals surface area contributed by atoms with Crippen LogP contribution in [-0.2, 0) is 0 Å². The summed E-state index contributed by atoms with van der Waals surface area (Å²) in [4.78, 5) is 21.5. The standard InChI is InChI=1S/C11H15N3O2/c1-8(15)9-2-5-14(7-9)11(16)10-6-12-3-4-13-10/h3-4,6,8-9,15H,2,5,7H2,1H3. The van der Waals surface area contributed by atoms with E-state index < -0.39 is 0 Å². The number of aromatic nitrogens is 2. The largest absolute Gasteiger partial charge is 0.393 e. The zero-order chi connectivity index (χ0) is 11.5. The number of hydrogen-bond donors (Lipinski definition) is 1. The summed E-state index contributed by atoms with van der Waals surface area (Å²) in [5, 5.41) is 9.46. The molecule has 0 saturated carbocycles. The molecule has 1 aromatic heterocycles. The molecular weight excluding hydrogens is 206 g/mol. The van der Waals surface area contributed by atoms with Gasteiger partial charge in [0.1, 0.15) is 5.69 Å². The summed E-state index contributed by atoms with van der Waals surface area (Å²) in [6.45, 7) is 3.05. The average Bonchev–Trinajstić information content (AvgIpc) is 2.78. The van der Waals surface area contributed by atoms with E-state index in [-0.39, 0.29) is 17.9 Å². The molecule has 2 heterocycles. The molecule has 2 unspecified atom stereocenters. The first-order valence-electron chi connectivity index (χ1n) is 5.42. The minimum atomic E-state index is -0.361. The van der Waals surface area contributed by atoms with Crippen molar-refractivity contribution in [2.75, 3.05) is 13.1 Å². The Hall–Kier alpha value is -1.49. The molecule has 0 aliphatic carbocycles. The summed E-state index contributed by atoms with van der Waals surface area (Å²) in [6, 6.07) is 0. The molecule has 1 aromatic rings. The number of hydrogen-bond acceptors (Lipinski definition) is 4. The first-order chi connectivity index (χ1) is 7.68. The fourth-order valence-electron chi connectivity index (χ4n) is 1.94. The lowest BCUT2D eigenvalue weighted by molar-refractivity contribution is 0.0756. The quantitative estimate of drug-likeness (QED) is 0.781. The smallest absolute Gasteiger partial charge is 0.274 e. The zero-order valence-electron chi connectivity index (χ0n) is 9.21. The van der Waals surface area contributed by atoms with Crippen molar-refractivity contribution < 1.29 is 9.90 Å². The van der Waals surface area contributed by atoms with Gasteiger partial charge in [-0.1, -0.05) is 0 Å². The monoisotopic (exact) mass is 221 g/mol. The van der Waals surface area contributed by atoms with Gasteiger partial charge in [0, 0.05) is 31.4 Å². The van der Waals surface area contributed by atoms with E-state index in [1.807, 2.05) is 0 Å². The number of carbonyl (C=O) groups excluding carboxylic acids is 1. The van der Waals surface area contributed by atoms with Gasteiger partial charge in [-0.2, -0.15) is 0 Å². The van der Waals surface area contributed by atoms with Crippen molar-refractivity contribution in [2.24, 2.45) is 5.92 Å². The van der Waals surface area contributed by atoms with Crippen LogP contribution in [0.2, 0.25) is 0 Å². The van der Waals surface area contributed by atoms with E-state index >= 15 is 0 Å². The maximum absolute atomic E-state index is 12.0.